The summed E-state index contributed by atoms with van der Waals surface area (Å²) in [6.07, 6.45) is 0. The summed E-state index contributed by atoms with van der Waals surface area (Å²) in [5, 5.41) is 0. The third kappa shape index (κ3) is 4.26. The third-order valence-electron chi connectivity index (χ3n) is 1.51. The van der Waals surface area contributed by atoms with Gasteiger partial charge in [0, 0.05) is 4.90 Å². The van der Waals surface area contributed by atoms with Crippen molar-refractivity contribution in [2.24, 2.45) is 0 Å². The van der Waals surface area contributed by atoms with Gasteiger partial charge < -0.3 is 0 Å². The van der Waals surface area contributed by atoms with E-state index in [2.05, 4.69) is 20.7 Å². The monoisotopic (exact) mass is 331 g/mol. The van der Waals surface area contributed by atoms with Crippen molar-refractivity contribution in [3.63, 3.8) is 0 Å². The first kappa shape index (κ1) is 13.7. The number of sulfonamides is 1. The number of rotatable bonds is 5. The molecule has 8 heteroatoms. The molecule has 0 aliphatic carbocycles. The lowest BCUT2D eigenvalue weighted by Crippen LogP contribution is -2.13. The highest BCUT2D eigenvalue weighted by Gasteiger charge is 2.13. The lowest BCUT2D eigenvalue weighted by molar-refractivity contribution is 0.252. The van der Waals surface area contributed by atoms with Gasteiger partial charge in [-0.25, -0.2) is 8.42 Å². The third-order valence-corrected chi connectivity index (χ3v) is 4.93. The van der Waals surface area contributed by atoms with E-state index in [1.807, 2.05) is 0 Å². The van der Waals surface area contributed by atoms with Crippen molar-refractivity contribution in [1.82, 2.24) is 0 Å². The number of nitrogens with one attached hydrogen (secondary N) is 1. The molecule has 1 aromatic carbocycles. The fourth-order valence-electron chi connectivity index (χ4n) is 0.945. The first-order valence-electron chi connectivity index (χ1n) is 4.05. The molecular weight excluding hydrogens is 324 g/mol. The lowest BCUT2D eigenvalue weighted by Gasteiger charge is -2.10. The summed E-state index contributed by atoms with van der Waals surface area (Å²) in [6, 6.07) is 6.01. The van der Waals surface area contributed by atoms with Crippen LogP contribution in [0.3, 0.4) is 0 Å². The van der Waals surface area contributed by atoms with Crippen molar-refractivity contribution in [3.05, 3.63) is 24.3 Å². The van der Waals surface area contributed by atoms with Crippen molar-refractivity contribution in [2.75, 3.05) is 9.38 Å². The lowest BCUT2D eigenvalue weighted by atomic mass is 10.3. The van der Waals surface area contributed by atoms with Crippen molar-refractivity contribution >= 4 is 43.4 Å². The number of hydrogen-bond donors (Lipinski definition) is 1. The van der Waals surface area contributed by atoms with Crippen LogP contribution in [0, 0.1) is 0 Å². The zero-order valence-electron chi connectivity index (χ0n) is 7.86. The Morgan fingerprint density at radius 1 is 1.38 bits per heavy atom. The maximum Gasteiger partial charge on any atom is 0.288 e. The minimum absolute atomic E-state index is 0.159. The van der Waals surface area contributed by atoms with Crippen LogP contribution in [0.15, 0.2) is 29.2 Å². The summed E-state index contributed by atoms with van der Waals surface area (Å²) in [6.45, 7) is 0. The maximum absolute atomic E-state index is 12.2. The van der Waals surface area contributed by atoms with Gasteiger partial charge in [0.1, 0.15) is 4.66 Å². The fourth-order valence-corrected chi connectivity index (χ4v) is 2.52. The van der Waals surface area contributed by atoms with Crippen LogP contribution in [0.5, 0.6) is 0 Å². The van der Waals surface area contributed by atoms with Gasteiger partial charge in [-0.1, -0.05) is 39.8 Å². The molecule has 0 heterocycles. The highest BCUT2D eigenvalue weighted by molar-refractivity contribution is 9.10. The Morgan fingerprint density at radius 3 is 2.56 bits per heavy atom. The maximum atomic E-state index is 12.2. The highest BCUT2D eigenvalue weighted by Crippen LogP contribution is 2.32. The molecule has 90 valence electrons. The standard InChI is InChI=1S/C8H8BrF2NO2S2/c9-5-16(13,14)12-6-3-1-2-4-7(6)15-8(10)11/h1-4,8,12H,5H2. The van der Waals surface area contributed by atoms with Gasteiger partial charge in [0.2, 0.25) is 10.0 Å². The van der Waals surface area contributed by atoms with Gasteiger partial charge in [-0.3, -0.25) is 4.72 Å². The SMILES string of the molecule is O=S(=O)(CBr)Nc1ccccc1SC(F)F. The Labute approximate surface area is 105 Å². The van der Waals surface area contributed by atoms with E-state index in [4.69, 9.17) is 0 Å². The first-order chi connectivity index (χ1) is 7.44. The van der Waals surface area contributed by atoms with Crippen LogP contribution < -0.4 is 4.72 Å². The molecule has 1 aromatic rings. The van der Waals surface area contributed by atoms with Gasteiger partial charge in [-0.15, -0.1) is 0 Å². The molecule has 0 radical (unpaired) electrons. The molecule has 0 aliphatic rings. The number of alkyl halides is 3. The summed E-state index contributed by atoms with van der Waals surface area (Å²) < 4.78 is 48.8. The van der Waals surface area contributed by atoms with E-state index in [9.17, 15) is 17.2 Å². The number of hydrogen-bond acceptors (Lipinski definition) is 3. The van der Waals surface area contributed by atoms with Crippen molar-refractivity contribution in [3.8, 4) is 0 Å². The summed E-state index contributed by atoms with van der Waals surface area (Å²) >= 11 is 3.10. The van der Waals surface area contributed by atoms with Crippen molar-refractivity contribution in [1.29, 1.82) is 0 Å². The average Bonchev–Trinajstić information content (AvgIpc) is 2.20. The first-order valence-corrected chi connectivity index (χ1v) is 7.70. The van der Waals surface area contributed by atoms with Crippen molar-refractivity contribution < 1.29 is 17.2 Å². The highest BCUT2D eigenvalue weighted by atomic mass is 79.9. The molecule has 0 saturated carbocycles. The largest absolute Gasteiger partial charge is 0.288 e. The minimum Gasteiger partial charge on any atom is -0.282 e. The second-order valence-corrected chi connectivity index (χ2v) is 6.76. The van der Waals surface area contributed by atoms with Crippen LogP contribution in [-0.2, 0) is 10.0 Å². The Balaban J connectivity index is 2.95. The summed E-state index contributed by atoms with van der Waals surface area (Å²) in [5.74, 6) is -2.59. The van der Waals surface area contributed by atoms with E-state index in [1.54, 1.807) is 12.1 Å². The quantitative estimate of drug-likeness (QED) is 0.666. The second-order valence-electron chi connectivity index (χ2n) is 2.70. The fraction of sp³-hybridized carbons (Fsp3) is 0.250. The van der Waals surface area contributed by atoms with E-state index >= 15 is 0 Å². The van der Waals surface area contributed by atoms with Gasteiger partial charge in [0.15, 0.2) is 0 Å². The van der Waals surface area contributed by atoms with Crippen LogP contribution in [0.4, 0.5) is 14.5 Å². The Hall–Kier alpha value is -0.340. The molecule has 16 heavy (non-hydrogen) atoms. The molecule has 0 spiro atoms. The topological polar surface area (TPSA) is 46.2 Å². The smallest absolute Gasteiger partial charge is 0.282 e. The van der Waals surface area contributed by atoms with Gasteiger partial charge in [-0.05, 0) is 12.1 Å². The molecule has 1 rings (SSSR count). The summed E-state index contributed by atoms with van der Waals surface area (Å²) in [7, 11) is -3.52. The second kappa shape index (κ2) is 5.83. The van der Waals surface area contributed by atoms with E-state index in [-0.39, 0.29) is 15.2 Å². The molecule has 3 nitrogen and oxygen atoms in total. The van der Waals surface area contributed by atoms with Gasteiger partial charge >= 0.3 is 0 Å². The van der Waals surface area contributed by atoms with E-state index < -0.39 is 15.8 Å². The van der Waals surface area contributed by atoms with Crippen LogP contribution in [0.25, 0.3) is 0 Å². The molecule has 0 aromatic heterocycles. The zero-order chi connectivity index (χ0) is 12.2. The van der Waals surface area contributed by atoms with Crippen LogP contribution >= 0.6 is 27.7 Å². The van der Waals surface area contributed by atoms with Crippen LogP contribution in [0.1, 0.15) is 0 Å². The number of halogens is 3. The normalized spacial score (nSPS) is 11.8. The number of thioether (sulfide) groups is 1. The molecule has 0 aliphatic heterocycles. The molecule has 0 bridgehead atoms. The Bertz CT molecular complexity index is 453. The Kier molecular flexibility index (Phi) is 5.00. The molecule has 0 amide bonds. The van der Waals surface area contributed by atoms with E-state index in [0.29, 0.717) is 11.8 Å². The van der Waals surface area contributed by atoms with E-state index in [0.717, 1.165) is 0 Å². The zero-order valence-corrected chi connectivity index (χ0v) is 11.1. The van der Waals surface area contributed by atoms with Crippen LogP contribution in [0.2, 0.25) is 0 Å². The molecule has 0 unspecified atom stereocenters. The van der Waals surface area contributed by atoms with Gasteiger partial charge in [-0.2, -0.15) is 8.78 Å². The van der Waals surface area contributed by atoms with Gasteiger partial charge in [0.25, 0.3) is 5.76 Å². The predicted molar refractivity (Wildman–Crippen MR) is 64.6 cm³/mol. The molecule has 0 atom stereocenters. The van der Waals surface area contributed by atoms with Crippen molar-refractivity contribution in [2.45, 2.75) is 10.7 Å². The Morgan fingerprint density at radius 2 is 2.00 bits per heavy atom. The van der Waals surface area contributed by atoms with E-state index in [1.165, 1.54) is 12.1 Å². The van der Waals surface area contributed by atoms with Gasteiger partial charge in [0.05, 0.1) is 5.69 Å². The molecular formula is C8H8BrF2NO2S2. The molecule has 0 fully saturated rings. The molecule has 1 N–H and O–H groups in total. The summed E-state index contributed by atoms with van der Waals surface area (Å²) in [4.78, 5) is 0.196. The minimum atomic E-state index is -3.52. The predicted octanol–water partition coefficient (Wildman–Crippen LogP) is 3.10. The summed E-state index contributed by atoms with van der Waals surface area (Å²) in [5.41, 5.74) is 0.159. The van der Waals surface area contributed by atoms with Crippen LogP contribution in [-0.4, -0.2) is 18.8 Å². The average molecular weight is 332 g/mol. The number of anilines is 1. The number of benzene rings is 1. The number of para-hydroxylation sites is 1. The molecule has 0 saturated heterocycles.